The van der Waals surface area contributed by atoms with Crippen molar-refractivity contribution in [3.05, 3.63) is 104 Å². The summed E-state index contributed by atoms with van der Waals surface area (Å²) in [6, 6.07) is 0. The van der Waals surface area contributed by atoms with E-state index in [4.69, 9.17) is 24.5 Å². The molecule has 1 saturated heterocycles. The van der Waals surface area contributed by atoms with Crippen LogP contribution in [0.1, 0.15) is 139 Å². The first-order chi connectivity index (χ1) is 28.7. The predicted octanol–water partition coefficient (Wildman–Crippen LogP) is 11.6. The van der Waals surface area contributed by atoms with Crippen LogP contribution in [0.5, 0.6) is 0 Å². The number of nitrogens with zero attached hydrogens (tertiary/aromatic N) is 3. The van der Waals surface area contributed by atoms with Gasteiger partial charge in [-0.2, -0.15) is 0 Å². The minimum absolute atomic E-state index is 0. The van der Waals surface area contributed by atoms with E-state index >= 15 is 0 Å². The Morgan fingerprint density at radius 1 is 0.871 bits per heavy atom. The van der Waals surface area contributed by atoms with Gasteiger partial charge in [-0.15, -0.1) is 0 Å². The zero-order chi connectivity index (χ0) is 43.2. The smallest absolute Gasteiger partial charge is 0.510 e. The number of ether oxygens (including phenoxy) is 2. The number of esters is 2. The van der Waals surface area contributed by atoms with Gasteiger partial charge >= 0.3 is 46.4 Å². The van der Waals surface area contributed by atoms with Crippen LogP contribution < -0.4 is 5.32 Å². The van der Waals surface area contributed by atoms with Crippen molar-refractivity contribution < 1.29 is 41.2 Å². The van der Waals surface area contributed by atoms with Crippen molar-refractivity contribution in [2.45, 2.75) is 139 Å². The molecule has 0 spiro atoms. The average Bonchev–Trinajstić information content (AvgIpc) is 3.98. The molecule has 5 atom stereocenters. The van der Waals surface area contributed by atoms with Crippen LogP contribution in [-0.4, -0.2) is 58.7 Å². The minimum atomic E-state index is -1.06. The number of methoxy groups -OCH3 is 1. The molecule has 3 unspecified atom stereocenters. The van der Waals surface area contributed by atoms with Gasteiger partial charge in [-0.25, -0.2) is 15.0 Å². The van der Waals surface area contributed by atoms with Gasteiger partial charge in [0.25, 0.3) is 0 Å². The van der Waals surface area contributed by atoms with E-state index in [1.165, 1.54) is 52.1 Å². The van der Waals surface area contributed by atoms with E-state index in [2.05, 4.69) is 59.0 Å². The number of aliphatic hydroxyl groups excluding tert-OH is 1. The van der Waals surface area contributed by atoms with E-state index in [0.717, 1.165) is 87.6 Å². The van der Waals surface area contributed by atoms with Crippen LogP contribution in [0.25, 0.3) is 0 Å². The minimum Gasteiger partial charge on any atom is -0.510 e. The molecule has 6 aliphatic rings. The zero-order valence-electron chi connectivity index (χ0n) is 38.8. The molecule has 6 rings (SSSR count). The van der Waals surface area contributed by atoms with E-state index in [1.54, 1.807) is 6.26 Å². The van der Waals surface area contributed by atoms with Crippen LogP contribution in [0.3, 0.4) is 0 Å². The van der Waals surface area contributed by atoms with Gasteiger partial charge in [0.1, 0.15) is 11.7 Å². The number of hydrogen-bond acceptors (Lipinski definition) is 9. The Morgan fingerprint density at radius 3 is 2.18 bits per heavy atom. The van der Waals surface area contributed by atoms with Crippen molar-refractivity contribution in [1.82, 2.24) is 5.32 Å². The fraction of sp³-hybridized carbons (Fsp3) is 0.549. The summed E-state index contributed by atoms with van der Waals surface area (Å²) in [5, 5.41) is 15.5. The summed E-state index contributed by atoms with van der Waals surface area (Å²) >= 11 is 0. The number of fused-ring (bicyclic) bond motifs is 5. The average molecular weight is 900 g/mol. The Hall–Kier alpha value is -3.74. The number of hydrogen-bond donors (Lipinski definition) is 2. The number of aliphatic imine (C=N–C) groups is 3. The molecule has 0 aromatic carbocycles. The molecule has 0 aromatic rings. The largest absolute Gasteiger partial charge is 3.00 e. The third-order valence-corrected chi connectivity index (χ3v) is 13.1. The first kappa shape index (κ1) is 50.9. The molecule has 1 aliphatic carbocycles. The molecule has 0 saturated carbocycles. The predicted molar refractivity (Wildman–Crippen MR) is 249 cm³/mol. The number of aliphatic hydroxyl groups is 1. The molecule has 5 heterocycles. The van der Waals surface area contributed by atoms with Crippen LogP contribution >= 0.6 is 0 Å². The van der Waals surface area contributed by atoms with E-state index in [-0.39, 0.29) is 64.4 Å². The number of nitrogens with one attached hydrogen (secondary N) is 1. The zero-order valence-corrected chi connectivity index (χ0v) is 41.0. The standard InChI is InChI=1S/C51H68N4O5.Al.Fe/c1-11-36-24-38-25-40-33(7)23-37(52-40)26-41-34(8)39(21-22-44(56)60-28-32(6)20-14-19-31(5)18-13-17-30(4)16-12-15-29(2)3)48(54-41)46-47(51(58)59-10)50(57)45-35(9)42(55-49(45)46)27-43(36)53-38;;/h23-31,34,39,47,54,57H,11-22H2,1-10H3;;/q;+3;+2/b32-28+,40-25?,41-26?,43-27?,48-46?;;/t30?,31?,34-,39-,47?;;/m0../s1. The van der Waals surface area contributed by atoms with Crippen molar-refractivity contribution >= 4 is 46.4 Å². The second kappa shape index (κ2) is 22.7. The molecule has 8 bridgehead atoms. The molecule has 0 amide bonds. The summed E-state index contributed by atoms with van der Waals surface area (Å²) in [6.07, 6.45) is 24.3. The first-order valence-corrected chi connectivity index (χ1v) is 22.6. The Labute approximate surface area is 392 Å². The summed E-state index contributed by atoms with van der Waals surface area (Å²) < 4.78 is 11.0. The van der Waals surface area contributed by atoms with Gasteiger partial charge in [0.05, 0.1) is 47.6 Å². The number of carbonyl (C=O) groups is 2. The van der Waals surface area contributed by atoms with Gasteiger partial charge < -0.3 is 19.9 Å². The van der Waals surface area contributed by atoms with Crippen LogP contribution in [0.4, 0.5) is 0 Å². The Kier molecular flexibility index (Phi) is 18.7. The second-order valence-electron chi connectivity index (χ2n) is 18.5. The third kappa shape index (κ3) is 11.9. The number of carbonyl (C=O) groups excluding carboxylic acids is 2. The van der Waals surface area contributed by atoms with E-state index in [1.807, 2.05) is 39.0 Å². The molecular weight excluding hydrogens is 831 g/mol. The van der Waals surface area contributed by atoms with E-state index in [9.17, 15) is 14.7 Å². The normalized spacial score (nSPS) is 22.4. The Bertz CT molecular complexity index is 2140. The van der Waals surface area contributed by atoms with Crippen molar-refractivity contribution in [2.75, 3.05) is 7.11 Å². The van der Waals surface area contributed by atoms with Gasteiger partial charge in [-0.1, -0.05) is 86.5 Å². The van der Waals surface area contributed by atoms with Crippen molar-refractivity contribution in [2.24, 2.45) is 50.5 Å². The van der Waals surface area contributed by atoms with Gasteiger partial charge in [-0.3, -0.25) is 9.59 Å². The Morgan fingerprint density at radius 2 is 1.52 bits per heavy atom. The van der Waals surface area contributed by atoms with Gasteiger partial charge in [0.15, 0.2) is 0 Å². The van der Waals surface area contributed by atoms with Gasteiger partial charge in [-0.05, 0) is 117 Å². The number of allylic oxidation sites excluding steroid dienone is 12. The van der Waals surface area contributed by atoms with Crippen LogP contribution in [0, 0.1) is 35.5 Å². The second-order valence-corrected chi connectivity index (χ2v) is 18.5. The van der Waals surface area contributed by atoms with Crippen molar-refractivity contribution in [1.29, 1.82) is 0 Å². The molecule has 5 aliphatic heterocycles. The SMILES string of the molecule is CCC1=CC2=NC1=CC1=C(C)C3=C(O)C(C(=O)OC)C(=C4NC(=CC5=NC(=C2)C(C)=C5)[C@@H](C)[C@@H]4CCC(=O)O/C=C(\C)CCCC(C)CCCC(C)CCCC(C)C)C3=N1.[Al+3].[Fe+2]. The molecule has 0 radical (unpaired) electrons. The monoisotopic (exact) mass is 899 g/mol. The molecule has 0 aromatic heterocycles. The molecule has 9 nitrogen and oxygen atoms in total. The van der Waals surface area contributed by atoms with E-state index in [0.29, 0.717) is 34.9 Å². The summed E-state index contributed by atoms with van der Waals surface area (Å²) in [5.74, 6) is -0.0105. The maximum Gasteiger partial charge on any atom is 3.00 e. The Balaban J connectivity index is 0.00000422. The summed E-state index contributed by atoms with van der Waals surface area (Å²) in [4.78, 5) is 41.9. The number of rotatable bonds is 18. The third-order valence-electron chi connectivity index (χ3n) is 13.1. The van der Waals surface area contributed by atoms with Crippen molar-refractivity contribution in [3.63, 3.8) is 0 Å². The fourth-order valence-electron chi connectivity index (χ4n) is 9.37. The van der Waals surface area contributed by atoms with Crippen LogP contribution in [-0.2, 0) is 36.1 Å². The maximum absolute atomic E-state index is 13.5. The molecule has 11 heteroatoms. The van der Waals surface area contributed by atoms with Gasteiger partial charge in [0, 0.05) is 40.8 Å². The topological polar surface area (TPSA) is 122 Å². The van der Waals surface area contributed by atoms with Crippen LogP contribution in [0.15, 0.2) is 119 Å². The molecule has 328 valence electrons. The van der Waals surface area contributed by atoms with Gasteiger partial charge in [0.2, 0.25) is 0 Å². The molecule has 2 N–H and O–H groups in total. The molecular formula is C51H68AlFeN4O5+5. The first-order valence-electron chi connectivity index (χ1n) is 22.6. The maximum atomic E-state index is 13.5. The summed E-state index contributed by atoms with van der Waals surface area (Å²) in [5.41, 5.74) is 11.2. The molecule has 1 fully saturated rings. The fourth-order valence-corrected chi connectivity index (χ4v) is 9.37. The summed E-state index contributed by atoms with van der Waals surface area (Å²) in [7, 11) is 1.33. The quantitative estimate of drug-likeness (QED) is 0.0803. The van der Waals surface area contributed by atoms with E-state index < -0.39 is 11.9 Å². The summed E-state index contributed by atoms with van der Waals surface area (Å²) in [6.45, 7) is 19.6. The molecule has 62 heavy (non-hydrogen) atoms. The van der Waals surface area contributed by atoms with Crippen molar-refractivity contribution in [3.8, 4) is 0 Å². The van der Waals surface area contributed by atoms with Crippen LogP contribution in [0.2, 0.25) is 0 Å².